The summed E-state index contributed by atoms with van der Waals surface area (Å²) < 4.78 is 8.58. The van der Waals surface area contributed by atoms with Crippen LogP contribution in [0.3, 0.4) is 0 Å². The van der Waals surface area contributed by atoms with Crippen LogP contribution in [0.15, 0.2) is 41.2 Å². The average Bonchev–Trinajstić information content (AvgIpc) is 2.97. The van der Waals surface area contributed by atoms with Gasteiger partial charge in [-0.2, -0.15) is 0 Å². The summed E-state index contributed by atoms with van der Waals surface area (Å²) in [6.07, 6.45) is 0. The number of aromatic nitrogens is 2. The topological polar surface area (TPSA) is 80.5 Å². The van der Waals surface area contributed by atoms with E-state index in [1.165, 1.54) is 0 Å². The van der Waals surface area contributed by atoms with Gasteiger partial charge in [-0.05, 0) is 31.2 Å². The van der Waals surface area contributed by atoms with Crippen molar-refractivity contribution in [3.63, 3.8) is 0 Å². The molecule has 1 saturated heterocycles. The number of hydrogen-bond donors (Lipinski definition) is 2. The van der Waals surface area contributed by atoms with Crippen molar-refractivity contribution in [3.8, 4) is 5.75 Å². The number of ether oxygens (including phenoxy) is 1. The van der Waals surface area contributed by atoms with E-state index in [0.717, 1.165) is 36.4 Å². The van der Waals surface area contributed by atoms with Crippen LogP contribution in [-0.4, -0.2) is 47.8 Å². The van der Waals surface area contributed by atoms with E-state index in [-0.39, 0.29) is 17.6 Å². The van der Waals surface area contributed by atoms with Gasteiger partial charge >= 0.3 is 5.69 Å². The van der Waals surface area contributed by atoms with Crippen molar-refractivity contribution in [1.82, 2.24) is 14.5 Å². The maximum atomic E-state index is 13.1. The van der Waals surface area contributed by atoms with Crippen molar-refractivity contribution in [3.05, 3.63) is 52.4 Å². The Kier molecular flexibility index (Phi) is 5.26. The quantitative estimate of drug-likeness (QED) is 0.688. The van der Waals surface area contributed by atoms with Gasteiger partial charge in [0, 0.05) is 39.8 Å². The monoisotopic (exact) mass is 409 g/mol. The Labute approximate surface area is 175 Å². The summed E-state index contributed by atoms with van der Waals surface area (Å²) in [7, 11) is 5.05. The van der Waals surface area contributed by atoms with Crippen molar-refractivity contribution >= 4 is 28.3 Å². The Morgan fingerprint density at radius 2 is 1.87 bits per heavy atom. The first-order valence-corrected chi connectivity index (χ1v) is 10.0. The van der Waals surface area contributed by atoms with Gasteiger partial charge in [-0.25, -0.2) is 4.79 Å². The number of amides is 1. The summed E-state index contributed by atoms with van der Waals surface area (Å²) in [5, 5.41) is 6.45. The first kappa shape index (κ1) is 20.0. The third kappa shape index (κ3) is 3.33. The molecule has 8 heteroatoms. The van der Waals surface area contributed by atoms with Crippen molar-refractivity contribution in [2.24, 2.45) is 14.1 Å². The summed E-state index contributed by atoms with van der Waals surface area (Å²) in [6, 6.07) is 11.3. The van der Waals surface area contributed by atoms with Crippen molar-refractivity contribution in [2.75, 3.05) is 37.0 Å². The fourth-order valence-corrected chi connectivity index (χ4v) is 4.09. The summed E-state index contributed by atoms with van der Waals surface area (Å²) in [5.41, 5.74) is 3.54. The zero-order valence-electron chi connectivity index (χ0n) is 17.7. The summed E-state index contributed by atoms with van der Waals surface area (Å²) >= 11 is 0. The predicted molar refractivity (Wildman–Crippen MR) is 119 cm³/mol. The molecule has 1 aromatic heterocycles. The molecule has 1 atom stereocenters. The highest BCUT2D eigenvalue weighted by molar-refractivity contribution is 6.09. The van der Waals surface area contributed by atoms with E-state index >= 15 is 0 Å². The first-order valence-electron chi connectivity index (χ1n) is 10.0. The number of imidazole rings is 1. The van der Waals surface area contributed by atoms with Crippen molar-refractivity contribution in [2.45, 2.75) is 13.0 Å². The summed E-state index contributed by atoms with van der Waals surface area (Å²) in [6.45, 7) is 4.67. The Balaban J connectivity index is 1.84. The van der Waals surface area contributed by atoms with Crippen LogP contribution in [0, 0.1) is 0 Å². The van der Waals surface area contributed by atoms with Gasteiger partial charge in [0.2, 0.25) is 0 Å². The molecule has 30 heavy (non-hydrogen) atoms. The molecule has 8 nitrogen and oxygen atoms in total. The van der Waals surface area contributed by atoms with Gasteiger partial charge in [-0.1, -0.05) is 12.1 Å². The number of rotatable bonds is 4. The molecule has 0 aliphatic carbocycles. The Morgan fingerprint density at radius 1 is 1.17 bits per heavy atom. The SMILES string of the molecule is COc1ccccc1C(=O)Nc1cc2c(cc1N1CCNCC1C)n(C)c(=O)n2C. The second-order valence-electron chi connectivity index (χ2n) is 7.66. The Hall–Kier alpha value is -3.26. The molecule has 3 aromatic rings. The van der Waals surface area contributed by atoms with Gasteiger partial charge in [0.05, 0.1) is 35.1 Å². The molecule has 4 rings (SSSR count). The van der Waals surface area contributed by atoms with Crippen LogP contribution in [0.25, 0.3) is 11.0 Å². The Morgan fingerprint density at radius 3 is 2.57 bits per heavy atom. The van der Waals surface area contributed by atoms with E-state index in [1.54, 1.807) is 48.5 Å². The van der Waals surface area contributed by atoms with Crippen LogP contribution in [0.1, 0.15) is 17.3 Å². The highest BCUT2D eigenvalue weighted by Gasteiger charge is 2.24. The Bertz CT molecular complexity index is 1160. The summed E-state index contributed by atoms with van der Waals surface area (Å²) in [4.78, 5) is 27.9. The third-order valence-electron chi connectivity index (χ3n) is 5.80. The molecular formula is C22H27N5O3. The van der Waals surface area contributed by atoms with Gasteiger partial charge in [-0.15, -0.1) is 0 Å². The van der Waals surface area contributed by atoms with Gasteiger partial charge in [0.15, 0.2) is 0 Å². The lowest BCUT2D eigenvalue weighted by atomic mass is 10.1. The number of fused-ring (bicyclic) bond motifs is 1. The zero-order chi connectivity index (χ0) is 21.4. The normalized spacial score (nSPS) is 16.7. The number of benzene rings is 2. The molecule has 1 fully saturated rings. The number of nitrogens with zero attached hydrogens (tertiary/aromatic N) is 3. The maximum Gasteiger partial charge on any atom is 0.328 e. The number of nitrogens with one attached hydrogen (secondary N) is 2. The minimum Gasteiger partial charge on any atom is -0.496 e. The number of piperazine rings is 1. The molecule has 0 radical (unpaired) electrons. The van der Waals surface area contributed by atoms with Crippen molar-refractivity contribution in [1.29, 1.82) is 0 Å². The van der Waals surface area contributed by atoms with Crippen LogP contribution in [0.4, 0.5) is 11.4 Å². The number of anilines is 2. The average molecular weight is 409 g/mol. The molecule has 0 bridgehead atoms. The number of carbonyl (C=O) groups excluding carboxylic acids is 1. The third-order valence-corrected chi connectivity index (χ3v) is 5.80. The molecule has 2 heterocycles. The molecule has 158 valence electrons. The maximum absolute atomic E-state index is 13.1. The van der Waals surface area contributed by atoms with E-state index in [9.17, 15) is 9.59 Å². The second kappa shape index (κ2) is 7.87. The van der Waals surface area contributed by atoms with Crippen LogP contribution >= 0.6 is 0 Å². The minimum atomic E-state index is -0.253. The standard InChI is InChI=1S/C22H27N5O3/c1-14-13-23-9-10-27(14)17-12-19-18(25(2)22(29)26(19)3)11-16(17)24-21(28)15-7-5-6-8-20(15)30-4/h5-8,11-12,14,23H,9-10,13H2,1-4H3,(H,24,28). The lowest BCUT2D eigenvalue weighted by molar-refractivity contribution is 0.102. The lowest BCUT2D eigenvalue weighted by Gasteiger charge is -2.37. The highest BCUT2D eigenvalue weighted by atomic mass is 16.5. The molecule has 1 amide bonds. The van der Waals surface area contributed by atoms with Gasteiger partial charge in [0.25, 0.3) is 5.91 Å². The number of aryl methyl sites for hydroxylation is 2. The fraction of sp³-hybridized carbons (Fsp3) is 0.364. The number of para-hydroxylation sites is 1. The van der Waals surface area contributed by atoms with E-state index in [0.29, 0.717) is 17.0 Å². The molecule has 2 aromatic carbocycles. The lowest BCUT2D eigenvalue weighted by Crippen LogP contribution is -2.50. The van der Waals surface area contributed by atoms with Gasteiger partial charge < -0.3 is 20.3 Å². The second-order valence-corrected chi connectivity index (χ2v) is 7.66. The van der Waals surface area contributed by atoms with Crippen molar-refractivity contribution < 1.29 is 9.53 Å². The first-order chi connectivity index (χ1) is 14.4. The number of carbonyl (C=O) groups is 1. The molecule has 2 N–H and O–H groups in total. The molecule has 1 aliphatic rings. The minimum absolute atomic E-state index is 0.0995. The van der Waals surface area contributed by atoms with E-state index in [2.05, 4.69) is 22.5 Å². The molecule has 0 spiro atoms. The smallest absolute Gasteiger partial charge is 0.328 e. The van der Waals surface area contributed by atoms with Gasteiger partial charge in [0.1, 0.15) is 5.75 Å². The molecule has 1 unspecified atom stereocenters. The van der Waals surface area contributed by atoms with Crippen LogP contribution in [0.2, 0.25) is 0 Å². The number of methoxy groups -OCH3 is 1. The predicted octanol–water partition coefficient (Wildman–Crippen LogP) is 1.94. The molecule has 0 saturated carbocycles. The van der Waals surface area contributed by atoms with E-state index in [4.69, 9.17) is 4.74 Å². The highest BCUT2D eigenvalue weighted by Crippen LogP contribution is 2.33. The van der Waals surface area contributed by atoms with Gasteiger partial charge in [-0.3, -0.25) is 13.9 Å². The molecule has 1 aliphatic heterocycles. The molecular weight excluding hydrogens is 382 g/mol. The van der Waals surface area contributed by atoms with Crippen LogP contribution < -0.4 is 26.0 Å². The largest absolute Gasteiger partial charge is 0.496 e. The van der Waals surface area contributed by atoms with Crippen LogP contribution in [-0.2, 0) is 14.1 Å². The zero-order valence-corrected chi connectivity index (χ0v) is 17.7. The summed E-state index contributed by atoms with van der Waals surface area (Å²) in [5.74, 6) is 0.261. The van der Waals surface area contributed by atoms with Crippen LogP contribution in [0.5, 0.6) is 5.75 Å². The van der Waals surface area contributed by atoms with E-state index in [1.807, 2.05) is 18.2 Å². The number of hydrogen-bond acceptors (Lipinski definition) is 5. The van der Waals surface area contributed by atoms with E-state index < -0.39 is 0 Å². The fourth-order valence-electron chi connectivity index (χ4n) is 4.09.